The number of hydrogen-bond acceptors (Lipinski definition) is 6. The lowest BCUT2D eigenvalue weighted by Gasteiger charge is -2.17. The summed E-state index contributed by atoms with van der Waals surface area (Å²) < 4.78 is 6.50. The maximum Gasteiger partial charge on any atom is 0.262 e. The Labute approximate surface area is 147 Å². The van der Waals surface area contributed by atoms with Crippen LogP contribution in [0.25, 0.3) is 5.69 Å². The molecule has 2 aromatic rings. The lowest BCUT2D eigenvalue weighted by Crippen LogP contribution is -2.25. The average Bonchev–Trinajstić information content (AvgIpc) is 2.83. The molecule has 0 spiro atoms. The number of ether oxygens (including phenoxy) is 1. The molecule has 0 radical (unpaired) electrons. The standard InChI is InChI=1S/C17H16N4O5/c1-3-26-9-4-5-11(19-8(2)22)12(6-9)21-13(23)7-10-14(15(21)18)17(25)20-16(10)24/h4-7H,3,18H2,1-2H3,(H,19,22)(H,20,24,25). The van der Waals surface area contributed by atoms with Crippen LogP contribution in [0.4, 0.5) is 11.5 Å². The molecule has 0 aliphatic carbocycles. The molecule has 1 aromatic heterocycles. The van der Waals surface area contributed by atoms with Gasteiger partial charge in [0.25, 0.3) is 17.4 Å². The van der Waals surface area contributed by atoms with Crippen molar-refractivity contribution in [2.24, 2.45) is 0 Å². The first-order valence-electron chi connectivity index (χ1n) is 7.79. The summed E-state index contributed by atoms with van der Waals surface area (Å²) in [6.45, 7) is 3.51. The Bertz CT molecular complexity index is 1010. The number of imide groups is 1. The van der Waals surface area contributed by atoms with Crippen LogP contribution in [0, 0.1) is 0 Å². The third kappa shape index (κ3) is 2.79. The second-order valence-electron chi connectivity index (χ2n) is 5.57. The number of aromatic nitrogens is 1. The molecule has 0 saturated heterocycles. The third-order valence-corrected chi connectivity index (χ3v) is 3.79. The molecule has 1 aliphatic rings. The molecule has 0 atom stereocenters. The van der Waals surface area contributed by atoms with E-state index < -0.39 is 17.4 Å². The summed E-state index contributed by atoms with van der Waals surface area (Å²) in [7, 11) is 0. The molecule has 0 unspecified atom stereocenters. The Hall–Kier alpha value is -3.62. The summed E-state index contributed by atoms with van der Waals surface area (Å²) in [6.07, 6.45) is 0. The smallest absolute Gasteiger partial charge is 0.262 e. The highest BCUT2D eigenvalue weighted by Gasteiger charge is 2.32. The molecule has 9 nitrogen and oxygen atoms in total. The maximum absolute atomic E-state index is 12.6. The van der Waals surface area contributed by atoms with Crippen molar-refractivity contribution in [2.45, 2.75) is 13.8 Å². The highest BCUT2D eigenvalue weighted by Crippen LogP contribution is 2.29. The van der Waals surface area contributed by atoms with E-state index in [9.17, 15) is 19.2 Å². The second-order valence-corrected chi connectivity index (χ2v) is 5.57. The van der Waals surface area contributed by atoms with Crippen molar-refractivity contribution in [2.75, 3.05) is 17.7 Å². The Morgan fingerprint density at radius 1 is 1.23 bits per heavy atom. The number of carbonyl (C=O) groups is 3. The summed E-state index contributed by atoms with van der Waals surface area (Å²) in [5, 5.41) is 4.71. The number of benzene rings is 1. The van der Waals surface area contributed by atoms with Gasteiger partial charge in [-0.15, -0.1) is 0 Å². The number of nitrogens with two attached hydrogens (primary N) is 1. The van der Waals surface area contributed by atoms with Gasteiger partial charge in [0.2, 0.25) is 5.91 Å². The van der Waals surface area contributed by atoms with Crippen LogP contribution in [-0.4, -0.2) is 28.9 Å². The van der Waals surface area contributed by atoms with Crippen LogP contribution in [-0.2, 0) is 4.79 Å². The van der Waals surface area contributed by atoms with Crippen LogP contribution in [0.5, 0.6) is 5.75 Å². The molecule has 3 amide bonds. The molecule has 2 heterocycles. The van der Waals surface area contributed by atoms with Gasteiger partial charge in [-0.05, 0) is 19.1 Å². The molecule has 1 aromatic carbocycles. The number of nitrogens with one attached hydrogen (secondary N) is 2. The zero-order valence-electron chi connectivity index (χ0n) is 14.1. The normalized spacial score (nSPS) is 12.5. The van der Waals surface area contributed by atoms with Crippen LogP contribution >= 0.6 is 0 Å². The van der Waals surface area contributed by atoms with Crippen molar-refractivity contribution < 1.29 is 19.1 Å². The van der Waals surface area contributed by atoms with Gasteiger partial charge in [-0.1, -0.05) is 0 Å². The Morgan fingerprint density at radius 2 is 1.96 bits per heavy atom. The zero-order valence-corrected chi connectivity index (χ0v) is 14.1. The van der Waals surface area contributed by atoms with Crippen molar-refractivity contribution in [3.05, 3.63) is 45.7 Å². The number of hydrogen-bond donors (Lipinski definition) is 3. The van der Waals surface area contributed by atoms with E-state index in [1.54, 1.807) is 19.1 Å². The summed E-state index contributed by atoms with van der Waals surface area (Å²) in [5.41, 5.74) is 5.80. The minimum Gasteiger partial charge on any atom is -0.494 e. The number of nitrogens with zero attached hydrogens (tertiary/aromatic N) is 1. The van der Waals surface area contributed by atoms with Crippen molar-refractivity contribution in [1.82, 2.24) is 9.88 Å². The summed E-state index contributed by atoms with van der Waals surface area (Å²) >= 11 is 0. The van der Waals surface area contributed by atoms with Crippen LogP contribution in [0.2, 0.25) is 0 Å². The fraction of sp³-hybridized carbons (Fsp3) is 0.176. The van der Waals surface area contributed by atoms with E-state index in [4.69, 9.17) is 10.5 Å². The number of fused-ring (bicyclic) bond motifs is 1. The van der Waals surface area contributed by atoms with Crippen LogP contribution in [0.1, 0.15) is 34.6 Å². The fourth-order valence-corrected chi connectivity index (χ4v) is 2.78. The minimum absolute atomic E-state index is 0.0733. The van der Waals surface area contributed by atoms with Gasteiger partial charge in [0.1, 0.15) is 11.6 Å². The molecular weight excluding hydrogens is 340 g/mol. The van der Waals surface area contributed by atoms with E-state index in [0.29, 0.717) is 18.0 Å². The monoisotopic (exact) mass is 356 g/mol. The number of anilines is 2. The predicted molar refractivity (Wildman–Crippen MR) is 93.7 cm³/mol. The summed E-state index contributed by atoms with van der Waals surface area (Å²) in [6, 6.07) is 5.75. The maximum atomic E-state index is 12.6. The molecule has 1 aliphatic heterocycles. The van der Waals surface area contributed by atoms with E-state index in [0.717, 1.165) is 10.6 Å². The van der Waals surface area contributed by atoms with Crippen molar-refractivity contribution in [3.8, 4) is 11.4 Å². The molecule has 3 rings (SSSR count). The number of pyridine rings is 1. The summed E-state index contributed by atoms with van der Waals surface area (Å²) in [4.78, 5) is 47.9. The van der Waals surface area contributed by atoms with Gasteiger partial charge >= 0.3 is 0 Å². The van der Waals surface area contributed by atoms with E-state index in [2.05, 4.69) is 10.6 Å². The molecule has 134 valence electrons. The molecule has 4 N–H and O–H groups in total. The SMILES string of the molecule is CCOc1ccc(NC(C)=O)c(-n2c(N)c3c(cc2=O)C(=O)NC3=O)c1. The van der Waals surface area contributed by atoms with Gasteiger partial charge in [0.15, 0.2) is 0 Å². The first-order valence-corrected chi connectivity index (χ1v) is 7.79. The van der Waals surface area contributed by atoms with Crippen molar-refractivity contribution in [1.29, 1.82) is 0 Å². The topological polar surface area (TPSA) is 133 Å². The van der Waals surface area contributed by atoms with E-state index in [-0.39, 0.29) is 28.5 Å². The van der Waals surface area contributed by atoms with Crippen LogP contribution in [0.3, 0.4) is 0 Å². The van der Waals surface area contributed by atoms with Crippen LogP contribution in [0.15, 0.2) is 29.1 Å². The molecule has 9 heteroatoms. The number of nitrogen functional groups attached to an aromatic ring is 1. The molecule has 0 saturated carbocycles. The molecule has 26 heavy (non-hydrogen) atoms. The van der Waals surface area contributed by atoms with Gasteiger partial charge in [-0.25, -0.2) is 0 Å². The fourth-order valence-electron chi connectivity index (χ4n) is 2.78. The van der Waals surface area contributed by atoms with Gasteiger partial charge in [-0.3, -0.25) is 29.1 Å². The van der Waals surface area contributed by atoms with E-state index in [1.165, 1.54) is 13.0 Å². The number of amides is 3. The van der Waals surface area contributed by atoms with Crippen molar-refractivity contribution >= 4 is 29.2 Å². The lowest BCUT2D eigenvalue weighted by molar-refractivity contribution is -0.114. The number of carbonyl (C=O) groups excluding carboxylic acids is 3. The predicted octanol–water partition coefficient (Wildman–Crippen LogP) is 0.660. The van der Waals surface area contributed by atoms with Crippen LogP contribution < -0.4 is 26.7 Å². The van der Waals surface area contributed by atoms with Gasteiger partial charge in [0, 0.05) is 19.1 Å². The van der Waals surface area contributed by atoms with E-state index in [1.807, 2.05) is 0 Å². The van der Waals surface area contributed by atoms with Crippen molar-refractivity contribution in [3.63, 3.8) is 0 Å². The molecular formula is C17H16N4O5. The second kappa shape index (κ2) is 6.36. The quantitative estimate of drug-likeness (QED) is 0.689. The first kappa shape index (κ1) is 17.2. The molecule has 0 bridgehead atoms. The first-order chi connectivity index (χ1) is 12.3. The Balaban J connectivity index is 2.29. The van der Waals surface area contributed by atoms with Gasteiger partial charge < -0.3 is 15.8 Å². The Kier molecular flexibility index (Phi) is 4.21. The largest absolute Gasteiger partial charge is 0.494 e. The van der Waals surface area contributed by atoms with Gasteiger partial charge in [0.05, 0.1) is 29.1 Å². The highest BCUT2D eigenvalue weighted by atomic mass is 16.5. The minimum atomic E-state index is -0.682. The van der Waals surface area contributed by atoms with E-state index >= 15 is 0 Å². The third-order valence-electron chi connectivity index (χ3n) is 3.79. The zero-order chi connectivity index (χ0) is 19.0. The summed E-state index contributed by atoms with van der Waals surface area (Å²) in [5.74, 6) is -1.46. The molecule has 0 fully saturated rings. The Morgan fingerprint density at radius 3 is 2.62 bits per heavy atom. The lowest BCUT2D eigenvalue weighted by atomic mass is 10.1. The average molecular weight is 356 g/mol. The number of rotatable bonds is 4. The highest BCUT2D eigenvalue weighted by molar-refractivity contribution is 6.23. The van der Waals surface area contributed by atoms with Gasteiger partial charge in [-0.2, -0.15) is 0 Å².